The Morgan fingerprint density at radius 1 is 0.950 bits per heavy atom. The summed E-state index contributed by atoms with van der Waals surface area (Å²) in [5, 5.41) is 3.10. The summed E-state index contributed by atoms with van der Waals surface area (Å²) in [6, 6.07) is 7.03. The van der Waals surface area contributed by atoms with Gasteiger partial charge in [0.2, 0.25) is 5.88 Å². The van der Waals surface area contributed by atoms with Gasteiger partial charge in [0.1, 0.15) is 29.4 Å². The first kappa shape index (κ1) is 13.9. The van der Waals surface area contributed by atoms with Crippen molar-refractivity contribution in [2.45, 2.75) is 6.92 Å². The molecule has 0 aliphatic heterocycles. The quantitative estimate of drug-likeness (QED) is 0.874. The molecule has 20 heavy (non-hydrogen) atoms. The van der Waals surface area contributed by atoms with Crippen molar-refractivity contribution in [3.05, 3.63) is 30.6 Å². The van der Waals surface area contributed by atoms with Crippen molar-refractivity contribution >= 4 is 5.82 Å². The maximum atomic E-state index is 5.70. The highest BCUT2D eigenvalue weighted by Crippen LogP contribution is 2.30. The van der Waals surface area contributed by atoms with Gasteiger partial charge in [0.05, 0.1) is 14.2 Å². The lowest BCUT2D eigenvalue weighted by atomic mass is 10.3. The second-order valence-corrected chi connectivity index (χ2v) is 3.92. The van der Waals surface area contributed by atoms with Crippen LogP contribution in [0.15, 0.2) is 30.6 Å². The lowest BCUT2D eigenvalue weighted by Crippen LogP contribution is -2.00. The normalized spacial score (nSPS) is 9.95. The van der Waals surface area contributed by atoms with Crippen LogP contribution in [0.25, 0.3) is 0 Å². The minimum atomic E-state index is 0.450. The van der Waals surface area contributed by atoms with Crippen LogP contribution in [0.2, 0.25) is 0 Å². The second kappa shape index (κ2) is 6.60. The molecule has 6 heteroatoms. The van der Waals surface area contributed by atoms with Crippen LogP contribution in [0.3, 0.4) is 0 Å². The van der Waals surface area contributed by atoms with Gasteiger partial charge in [-0.25, -0.2) is 9.97 Å². The van der Waals surface area contributed by atoms with E-state index >= 15 is 0 Å². The Bertz CT molecular complexity index is 553. The molecule has 0 fully saturated rings. The first-order chi connectivity index (χ1) is 9.75. The van der Waals surface area contributed by atoms with Gasteiger partial charge < -0.3 is 19.5 Å². The van der Waals surface area contributed by atoms with E-state index in [1.54, 1.807) is 38.5 Å². The van der Waals surface area contributed by atoms with Crippen LogP contribution in [0.1, 0.15) is 6.92 Å². The van der Waals surface area contributed by atoms with Crippen molar-refractivity contribution in [2.24, 2.45) is 0 Å². The van der Waals surface area contributed by atoms with Crippen molar-refractivity contribution in [1.82, 2.24) is 9.97 Å². The van der Waals surface area contributed by atoms with Crippen molar-refractivity contribution in [3.8, 4) is 23.1 Å². The average molecular weight is 275 g/mol. The van der Waals surface area contributed by atoms with E-state index in [9.17, 15) is 0 Å². The van der Waals surface area contributed by atoms with Crippen molar-refractivity contribution in [2.75, 3.05) is 26.1 Å². The monoisotopic (exact) mass is 275 g/mol. The molecule has 2 rings (SSSR count). The molecule has 0 aliphatic carbocycles. The van der Waals surface area contributed by atoms with Crippen LogP contribution in [0.4, 0.5) is 5.82 Å². The summed E-state index contributed by atoms with van der Waals surface area (Å²) >= 11 is 0. The third kappa shape index (κ3) is 3.50. The Morgan fingerprint density at radius 3 is 2.20 bits per heavy atom. The van der Waals surface area contributed by atoms with E-state index in [1.165, 1.54) is 6.33 Å². The summed E-state index contributed by atoms with van der Waals surface area (Å²) in [4.78, 5) is 8.16. The zero-order valence-corrected chi connectivity index (χ0v) is 11.7. The predicted octanol–water partition coefficient (Wildman–Crippen LogP) is 2.72. The van der Waals surface area contributed by atoms with Gasteiger partial charge in [-0.05, 0) is 6.92 Å². The number of rotatable bonds is 6. The molecule has 0 amide bonds. The minimum Gasteiger partial charge on any atom is -0.496 e. The highest BCUT2D eigenvalue weighted by molar-refractivity contribution is 5.44. The van der Waals surface area contributed by atoms with E-state index in [1.807, 2.05) is 6.92 Å². The zero-order valence-electron chi connectivity index (χ0n) is 11.7. The topological polar surface area (TPSA) is 65.5 Å². The lowest BCUT2D eigenvalue weighted by molar-refractivity contribution is 0.385. The maximum Gasteiger partial charge on any atom is 0.224 e. The summed E-state index contributed by atoms with van der Waals surface area (Å²) in [5.41, 5.74) is 0. The predicted molar refractivity (Wildman–Crippen MR) is 75.8 cm³/mol. The van der Waals surface area contributed by atoms with Gasteiger partial charge in [0.15, 0.2) is 0 Å². The number of nitrogens with one attached hydrogen (secondary N) is 1. The summed E-state index contributed by atoms with van der Waals surface area (Å²) in [6.07, 6.45) is 1.45. The van der Waals surface area contributed by atoms with Crippen LogP contribution in [-0.2, 0) is 0 Å². The Kier molecular flexibility index (Phi) is 4.60. The van der Waals surface area contributed by atoms with Crippen LogP contribution in [-0.4, -0.2) is 30.7 Å². The molecule has 0 saturated carbocycles. The van der Waals surface area contributed by atoms with Gasteiger partial charge in [0.25, 0.3) is 0 Å². The molecule has 6 nitrogen and oxygen atoms in total. The number of ether oxygens (including phenoxy) is 3. The van der Waals surface area contributed by atoms with Crippen LogP contribution < -0.4 is 19.5 Å². The van der Waals surface area contributed by atoms with Gasteiger partial charge in [-0.3, -0.25) is 0 Å². The number of methoxy groups -OCH3 is 2. The Labute approximate surface area is 117 Å². The molecular weight excluding hydrogens is 258 g/mol. The van der Waals surface area contributed by atoms with Crippen molar-refractivity contribution in [3.63, 3.8) is 0 Å². The Hall–Kier alpha value is -2.50. The molecule has 0 saturated heterocycles. The Balaban J connectivity index is 2.22. The molecule has 0 atom stereocenters. The van der Waals surface area contributed by atoms with E-state index in [-0.39, 0.29) is 0 Å². The molecule has 1 aromatic carbocycles. The van der Waals surface area contributed by atoms with E-state index in [0.717, 1.165) is 6.54 Å². The number of hydrogen-bond donors (Lipinski definition) is 1. The number of hydrogen-bond acceptors (Lipinski definition) is 6. The van der Waals surface area contributed by atoms with Gasteiger partial charge in [-0.15, -0.1) is 0 Å². The molecule has 1 aromatic heterocycles. The lowest BCUT2D eigenvalue weighted by Gasteiger charge is -2.10. The SMILES string of the molecule is CCNc1cc(Oc2cc(OC)cc(OC)c2)ncn1. The molecule has 0 unspecified atom stereocenters. The van der Waals surface area contributed by atoms with Crippen LogP contribution >= 0.6 is 0 Å². The van der Waals surface area contributed by atoms with Crippen molar-refractivity contribution in [1.29, 1.82) is 0 Å². The largest absolute Gasteiger partial charge is 0.496 e. The molecule has 1 N–H and O–H groups in total. The third-order valence-corrected chi connectivity index (χ3v) is 2.55. The minimum absolute atomic E-state index is 0.450. The average Bonchev–Trinajstić information content (AvgIpc) is 2.47. The molecule has 0 radical (unpaired) electrons. The summed E-state index contributed by atoms with van der Waals surface area (Å²) in [6.45, 7) is 2.78. The smallest absolute Gasteiger partial charge is 0.224 e. The Morgan fingerprint density at radius 2 is 1.60 bits per heavy atom. The fraction of sp³-hybridized carbons (Fsp3) is 0.286. The van der Waals surface area contributed by atoms with E-state index < -0.39 is 0 Å². The number of anilines is 1. The molecule has 0 bridgehead atoms. The standard InChI is InChI=1S/C14H17N3O3/c1-4-15-13-8-14(17-9-16-13)20-12-6-10(18-2)5-11(7-12)19-3/h5-9H,4H2,1-3H3,(H,15,16,17). The molecule has 1 heterocycles. The molecular formula is C14H17N3O3. The van der Waals surface area contributed by atoms with E-state index in [2.05, 4.69) is 15.3 Å². The maximum absolute atomic E-state index is 5.70. The van der Waals surface area contributed by atoms with E-state index in [0.29, 0.717) is 28.9 Å². The summed E-state index contributed by atoms with van der Waals surface area (Å²) in [7, 11) is 3.18. The fourth-order valence-electron chi connectivity index (χ4n) is 1.63. The summed E-state index contributed by atoms with van der Waals surface area (Å²) in [5.74, 6) is 3.06. The molecule has 0 aliphatic rings. The number of aromatic nitrogens is 2. The van der Waals surface area contributed by atoms with Gasteiger partial charge in [0, 0.05) is 30.8 Å². The highest BCUT2D eigenvalue weighted by atomic mass is 16.5. The molecule has 106 valence electrons. The van der Waals surface area contributed by atoms with Crippen LogP contribution in [0, 0.1) is 0 Å². The van der Waals surface area contributed by atoms with Gasteiger partial charge >= 0.3 is 0 Å². The first-order valence-electron chi connectivity index (χ1n) is 6.22. The molecule has 2 aromatic rings. The van der Waals surface area contributed by atoms with Gasteiger partial charge in [-0.1, -0.05) is 0 Å². The number of benzene rings is 1. The van der Waals surface area contributed by atoms with Crippen molar-refractivity contribution < 1.29 is 14.2 Å². The van der Waals surface area contributed by atoms with Crippen LogP contribution in [0.5, 0.6) is 23.1 Å². The van der Waals surface area contributed by atoms with E-state index in [4.69, 9.17) is 14.2 Å². The second-order valence-electron chi connectivity index (χ2n) is 3.92. The fourth-order valence-corrected chi connectivity index (χ4v) is 1.63. The number of nitrogens with zero attached hydrogens (tertiary/aromatic N) is 2. The molecule has 0 spiro atoms. The van der Waals surface area contributed by atoms with Gasteiger partial charge in [-0.2, -0.15) is 0 Å². The summed E-state index contributed by atoms with van der Waals surface area (Å²) < 4.78 is 16.1. The first-order valence-corrected chi connectivity index (χ1v) is 6.22. The zero-order chi connectivity index (χ0) is 14.4. The third-order valence-electron chi connectivity index (χ3n) is 2.55. The highest BCUT2D eigenvalue weighted by Gasteiger charge is 2.06.